The summed E-state index contributed by atoms with van der Waals surface area (Å²) in [6.07, 6.45) is 3.69. The molecule has 1 aromatic carbocycles. The summed E-state index contributed by atoms with van der Waals surface area (Å²) in [5, 5.41) is 9.96. The normalized spacial score (nSPS) is 15.4. The summed E-state index contributed by atoms with van der Waals surface area (Å²) in [6.45, 7) is 4.49. The van der Waals surface area contributed by atoms with E-state index in [9.17, 15) is 5.11 Å². The highest BCUT2D eigenvalue weighted by atomic mass is 127. The van der Waals surface area contributed by atoms with Crippen molar-refractivity contribution in [2.45, 2.75) is 26.2 Å². The van der Waals surface area contributed by atoms with Crippen LogP contribution < -0.4 is 4.74 Å². The van der Waals surface area contributed by atoms with Crippen molar-refractivity contribution in [1.29, 1.82) is 0 Å². The highest BCUT2D eigenvalue weighted by molar-refractivity contribution is 14.1. The number of phenolic OH excluding ortho intramolecular Hbond substituents is 1. The van der Waals surface area contributed by atoms with Crippen molar-refractivity contribution in [2.24, 2.45) is 0 Å². The molecule has 104 valence electrons. The van der Waals surface area contributed by atoms with Gasteiger partial charge in [-0.3, -0.25) is 0 Å². The largest absolute Gasteiger partial charge is 0.504 e. The average Bonchev–Trinajstić information content (AvgIpc) is 2.44. The third-order valence-electron chi connectivity index (χ3n) is 3.22. The maximum atomic E-state index is 9.96. The molecule has 0 saturated carbocycles. The number of thiocarbonyl (C=S) groups is 1. The van der Waals surface area contributed by atoms with Crippen molar-refractivity contribution >= 4 is 39.8 Å². The molecule has 3 nitrogen and oxygen atoms in total. The van der Waals surface area contributed by atoms with Crippen LogP contribution in [0.5, 0.6) is 11.5 Å². The first-order valence-corrected chi connectivity index (χ1v) is 8.06. The third-order valence-corrected chi connectivity index (χ3v) is 4.53. The molecule has 5 heteroatoms. The highest BCUT2D eigenvalue weighted by Crippen LogP contribution is 2.33. The molecule has 1 fully saturated rings. The number of benzene rings is 1. The van der Waals surface area contributed by atoms with Gasteiger partial charge < -0.3 is 14.7 Å². The maximum Gasteiger partial charge on any atom is 0.171 e. The first-order valence-electron chi connectivity index (χ1n) is 6.58. The van der Waals surface area contributed by atoms with E-state index in [1.807, 2.05) is 19.1 Å². The molecule has 0 spiro atoms. The van der Waals surface area contributed by atoms with Gasteiger partial charge in [0.15, 0.2) is 11.5 Å². The SMILES string of the molecule is CCOc1cc(C(=S)N2CCCCC2)cc(I)c1O. The van der Waals surface area contributed by atoms with E-state index in [-0.39, 0.29) is 5.75 Å². The lowest BCUT2D eigenvalue weighted by molar-refractivity contribution is 0.316. The van der Waals surface area contributed by atoms with Crippen molar-refractivity contribution in [3.8, 4) is 11.5 Å². The summed E-state index contributed by atoms with van der Waals surface area (Å²) in [5.74, 6) is 0.719. The van der Waals surface area contributed by atoms with Gasteiger partial charge in [0.2, 0.25) is 0 Å². The van der Waals surface area contributed by atoms with Gasteiger partial charge in [-0.25, -0.2) is 0 Å². The quantitative estimate of drug-likeness (QED) is 0.631. The molecule has 0 radical (unpaired) electrons. The van der Waals surface area contributed by atoms with E-state index < -0.39 is 0 Å². The van der Waals surface area contributed by atoms with Gasteiger partial charge >= 0.3 is 0 Å². The highest BCUT2D eigenvalue weighted by Gasteiger charge is 2.18. The van der Waals surface area contributed by atoms with E-state index in [1.54, 1.807) is 0 Å². The minimum Gasteiger partial charge on any atom is -0.504 e. The zero-order valence-electron chi connectivity index (χ0n) is 11.0. The van der Waals surface area contributed by atoms with E-state index in [0.29, 0.717) is 12.4 Å². The van der Waals surface area contributed by atoms with Crippen molar-refractivity contribution in [3.05, 3.63) is 21.3 Å². The van der Waals surface area contributed by atoms with Crippen molar-refractivity contribution in [2.75, 3.05) is 19.7 Å². The molecule has 0 unspecified atom stereocenters. The summed E-state index contributed by atoms with van der Waals surface area (Å²) < 4.78 is 6.24. The first kappa shape index (κ1) is 14.8. The maximum absolute atomic E-state index is 9.96. The van der Waals surface area contributed by atoms with Crippen LogP contribution >= 0.6 is 34.8 Å². The molecule has 1 heterocycles. The van der Waals surface area contributed by atoms with Gasteiger partial charge in [0, 0.05) is 18.7 Å². The Morgan fingerprint density at radius 3 is 2.68 bits per heavy atom. The summed E-state index contributed by atoms with van der Waals surface area (Å²) in [5.41, 5.74) is 0.961. The Morgan fingerprint density at radius 1 is 1.37 bits per heavy atom. The summed E-state index contributed by atoms with van der Waals surface area (Å²) in [6, 6.07) is 3.77. The Kier molecular flexibility index (Phi) is 5.27. The van der Waals surface area contributed by atoms with Gasteiger partial charge in [0.25, 0.3) is 0 Å². The number of nitrogens with zero attached hydrogens (tertiary/aromatic N) is 1. The number of hydrogen-bond acceptors (Lipinski definition) is 3. The monoisotopic (exact) mass is 391 g/mol. The van der Waals surface area contributed by atoms with Crippen LogP contribution in [0.1, 0.15) is 31.7 Å². The third kappa shape index (κ3) is 3.51. The van der Waals surface area contributed by atoms with Gasteiger partial charge in [-0.1, -0.05) is 12.2 Å². The lowest BCUT2D eigenvalue weighted by Crippen LogP contribution is -2.34. The topological polar surface area (TPSA) is 32.7 Å². The molecule has 1 saturated heterocycles. The zero-order chi connectivity index (χ0) is 13.8. The van der Waals surface area contributed by atoms with Crippen LogP contribution in [0.3, 0.4) is 0 Å². The predicted octanol–water partition coefficient (Wildman–Crippen LogP) is 3.56. The molecule has 0 aliphatic carbocycles. The number of rotatable bonds is 3. The number of hydrogen-bond donors (Lipinski definition) is 1. The molecule has 2 rings (SSSR count). The average molecular weight is 391 g/mol. The summed E-state index contributed by atoms with van der Waals surface area (Å²) >= 11 is 7.68. The zero-order valence-corrected chi connectivity index (χ0v) is 14.0. The van der Waals surface area contributed by atoms with Crippen LogP contribution in [0.2, 0.25) is 0 Å². The second kappa shape index (κ2) is 6.74. The van der Waals surface area contributed by atoms with E-state index in [0.717, 1.165) is 27.2 Å². The lowest BCUT2D eigenvalue weighted by atomic mass is 10.1. The number of likely N-dealkylation sites (tertiary alicyclic amines) is 1. The minimum absolute atomic E-state index is 0.202. The Hall–Kier alpha value is -0.560. The molecule has 1 aliphatic rings. The summed E-state index contributed by atoms with van der Waals surface area (Å²) in [7, 11) is 0. The molecule has 19 heavy (non-hydrogen) atoms. The molecule has 0 aromatic heterocycles. The van der Waals surface area contributed by atoms with Crippen LogP contribution in [0.15, 0.2) is 12.1 Å². The van der Waals surface area contributed by atoms with Gasteiger partial charge in [0.05, 0.1) is 10.2 Å². The Morgan fingerprint density at radius 2 is 2.05 bits per heavy atom. The fourth-order valence-corrected chi connectivity index (χ4v) is 3.14. The Labute approximate surface area is 133 Å². The number of aromatic hydroxyl groups is 1. The number of piperidine rings is 1. The first-order chi connectivity index (χ1) is 9.13. The molecular weight excluding hydrogens is 373 g/mol. The number of phenols is 1. The molecule has 0 atom stereocenters. The standard InChI is InChI=1S/C14H18INO2S/c1-2-18-12-9-10(8-11(15)13(12)17)14(19)16-6-4-3-5-7-16/h8-9,17H,2-7H2,1H3. The van der Waals surface area contributed by atoms with Gasteiger partial charge in [-0.15, -0.1) is 0 Å². The van der Waals surface area contributed by atoms with Crippen LogP contribution in [-0.4, -0.2) is 34.7 Å². The van der Waals surface area contributed by atoms with Crippen molar-refractivity contribution in [1.82, 2.24) is 4.90 Å². The van der Waals surface area contributed by atoms with E-state index in [2.05, 4.69) is 27.5 Å². The van der Waals surface area contributed by atoms with E-state index >= 15 is 0 Å². The van der Waals surface area contributed by atoms with E-state index in [1.165, 1.54) is 19.3 Å². The van der Waals surface area contributed by atoms with E-state index in [4.69, 9.17) is 17.0 Å². The molecule has 0 amide bonds. The van der Waals surface area contributed by atoms with Crippen LogP contribution in [0.25, 0.3) is 0 Å². The lowest BCUT2D eigenvalue weighted by Gasteiger charge is -2.29. The minimum atomic E-state index is 0.202. The number of ether oxygens (including phenoxy) is 1. The second-order valence-electron chi connectivity index (χ2n) is 4.59. The van der Waals surface area contributed by atoms with Crippen molar-refractivity contribution in [3.63, 3.8) is 0 Å². The van der Waals surface area contributed by atoms with Gasteiger partial charge in [-0.2, -0.15) is 0 Å². The molecule has 0 bridgehead atoms. The summed E-state index contributed by atoms with van der Waals surface area (Å²) in [4.78, 5) is 3.11. The second-order valence-corrected chi connectivity index (χ2v) is 6.14. The Bertz CT molecular complexity index is 473. The Balaban J connectivity index is 2.25. The van der Waals surface area contributed by atoms with Crippen LogP contribution in [0.4, 0.5) is 0 Å². The van der Waals surface area contributed by atoms with Gasteiger partial charge in [-0.05, 0) is 60.9 Å². The number of halogens is 1. The van der Waals surface area contributed by atoms with Crippen molar-refractivity contribution < 1.29 is 9.84 Å². The van der Waals surface area contributed by atoms with Gasteiger partial charge in [0.1, 0.15) is 4.99 Å². The molecule has 1 aliphatic heterocycles. The molecule has 1 aromatic rings. The molecular formula is C14H18INO2S. The smallest absolute Gasteiger partial charge is 0.171 e. The molecule has 1 N–H and O–H groups in total. The predicted molar refractivity (Wildman–Crippen MR) is 89.1 cm³/mol. The fourth-order valence-electron chi connectivity index (χ4n) is 2.24. The fraction of sp³-hybridized carbons (Fsp3) is 0.500. The van der Waals surface area contributed by atoms with Crippen LogP contribution in [-0.2, 0) is 0 Å². The van der Waals surface area contributed by atoms with Crippen LogP contribution in [0, 0.1) is 3.57 Å².